The van der Waals surface area contributed by atoms with Gasteiger partial charge in [0.1, 0.15) is 54.4 Å². The lowest BCUT2D eigenvalue weighted by molar-refractivity contribution is -0.904. The number of benzene rings is 5. The predicted molar refractivity (Wildman–Crippen MR) is 260 cm³/mol. The summed E-state index contributed by atoms with van der Waals surface area (Å²) in [6.07, 6.45) is 8.26. The van der Waals surface area contributed by atoms with Crippen LogP contribution in [-0.4, -0.2) is 57.7 Å². The average molecular weight is 830 g/mol. The molecule has 0 radical (unpaired) electrons. The van der Waals surface area contributed by atoms with Gasteiger partial charge in [0, 0.05) is 5.56 Å². The maximum absolute atomic E-state index is 6.19. The van der Waals surface area contributed by atoms with E-state index in [0.29, 0.717) is 19.8 Å². The number of likely N-dealkylation sites (N-methyl/N-ethyl adjacent to an activating group) is 1. The van der Waals surface area contributed by atoms with E-state index >= 15 is 0 Å². The van der Waals surface area contributed by atoms with Crippen LogP contribution in [-0.2, 0) is 16.7 Å². The van der Waals surface area contributed by atoms with E-state index in [1.54, 1.807) is 0 Å². The van der Waals surface area contributed by atoms with Crippen molar-refractivity contribution in [3.63, 3.8) is 0 Å². The Bertz CT molecular complexity index is 1880. The molecule has 60 heavy (non-hydrogen) atoms. The number of quaternary nitrogens is 1. The van der Waals surface area contributed by atoms with Crippen molar-refractivity contribution in [2.45, 2.75) is 106 Å². The van der Waals surface area contributed by atoms with Crippen molar-refractivity contribution < 1.29 is 18.7 Å². The van der Waals surface area contributed by atoms with Gasteiger partial charge in [-0.2, -0.15) is 0 Å². The van der Waals surface area contributed by atoms with Gasteiger partial charge in [-0.05, 0) is 136 Å². The summed E-state index contributed by atoms with van der Waals surface area (Å²) in [6.45, 7) is 22.6. The monoisotopic (exact) mass is 830 g/mol. The first-order valence-electron chi connectivity index (χ1n) is 22.5. The Kier molecular flexibility index (Phi) is 17.1. The SMILES string of the molecule is Cc1ccc([P+](CCCCCCCOc2ccc(C[N+](C)(C)CCOCCOc3ccc(C(C)(C)CC(C)(C)C)cc3)cc2)(c2ccc(C)cc2)c2ccc(C)cc2)cc1. The molecule has 0 atom stereocenters. The molecule has 322 valence electrons. The second kappa shape index (κ2) is 21.7. The molecule has 0 N–H and O–H groups in total. The average Bonchev–Trinajstić information content (AvgIpc) is 3.20. The number of aryl methyl sites for hydroxylation is 3. The number of hydrogen-bond acceptors (Lipinski definition) is 3. The van der Waals surface area contributed by atoms with Crippen LogP contribution in [0.3, 0.4) is 0 Å². The van der Waals surface area contributed by atoms with Crippen molar-refractivity contribution in [1.82, 2.24) is 0 Å². The molecule has 4 nitrogen and oxygen atoms in total. The highest BCUT2D eigenvalue weighted by Gasteiger charge is 2.44. The minimum Gasteiger partial charge on any atom is -0.494 e. The first-order chi connectivity index (χ1) is 28.5. The van der Waals surface area contributed by atoms with E-state index in [0.717, 1.165) is 48.5 Å². The summed E-state index contributed by atoms with van der Waals surface area (Å²) < 4.78 is 19.0. The maximum Gasteiger partial charge on any atom is 0.119 e. The van der Waals surface area contributed by atoms with Gasteiger partial charge in [-0.15, -0.1) is 0 Å². The first-order valence-corrected chi connectivity index (χ1v) is 24.5. The van der Waals surface area contributed by atoms with Gasteiger partial charge in [-0.3, -0.25) is 0 Å². The summed E-state index contributed by atoms with van der Waals surface area (Å²) in [5, 5.41) is 4.46. The Morgan fingerprint density at radius 2 is 0.933 bits per heavy atom. The molecule has 0 saturated carbocycles. The van der Waals surface area contributed by atoms with Gasteiger partial charge in [-0.25, -0.2) is 0 Å². The largest absolute Gasteiger partial charge is 0.494 e. The molecule has 5 aromatic rings. The van der Waals surface area contributed by atoms with Crippen molar-refractivity contribution in [1.29, 1.82) is 0 Å². The molecule has 5 aromatic carbocycles. The molecule has 0 spiro atoms. The third-order valence-corrected chi connectivity index (χ3v) is 16.3. The summed E-state index contributed by atoms with van der Waals surface area (Å²) in [5.41, 5.74) is 7.03. The number of hydrogen-bond donors (Lipinski definition) is 0. The van der Waals surface area contributed by atoms with Gasteiger partial charge in [-0.1, -0.05) is 113 Å². The molecule has 0 amide bonds. The van der Waals surface area contributed by atoms with Crippen LogP contribution >= 0.6 is 7.26 Å². The maximum atomic E-state index is 6.19. The molecule has 0 aliphatic carbocycles. The predicted octanol–water partition coefficient (Wildman–Crippen LogP) is 12.3. The van der Waals surface area contributed by atoms with Crippen LogP contribution in [0.2, 0.25) is 0 Å². The van der Waals surface area contributed by atoms with Crippen molar-refractivity contribution >= 4 is 23.2 Å². The fourth-order valence-electron chi connectivity index (χ4n) is 8.73. The molecule has 0 aliphatic rings. The topological polar surface area (TPSA) is 27.7 Å². The smallest absolute Gasteiger partial charge is 0.119 e. The molecule has 0 heterocycles. The Labute approximate surface area is 365 Å². The van der Waals surface area contributed by atoms with Gasteiger partial charge in [0.05, 0.1) is 40.1 Å². The van der Waals surface area contributed by atoms with Crippen LogP contribution in [0.15, 0.2) is 121 Å². The highest BCUT2D eigenvalue weighted by Crippen LogP contribution is 2.56. The second-order valence-electron chi connectivity index (χ2n) is 19.7. The Hall–Kier alpha value is -3.95. The van der Waals surface area contributed by atoms with E-state index in [-0.39, 0.29) is 10.8 Å². The lowest BCUT2D eigenvalue weighted by Gasteiger charge is -2.33. The Balaban J connectivity index is 0.995. The fraction of sp³-hybridized carbons (Fsp3) is 0.455. The lowest BCUT2D eigenvalue weighted by Crippen LogP contribution is -2.41. The van der Waals surface area contributed by atoms with E-state index in [4.69, 9.17) is 14.2 Å². The van der Waals surface area contributed by atoms with Crippen molar-refractivity contribution in [3.05, 3.63) is 149 Å². The van der Waals surface area contributed by atoms with Crippen LogP contribution in [0.25, 0.3) is 0 Å². The molecule has 0 saturated heterocycles. The summed E-state index contributed by atoms with van der Waals surface area (Å²) in [5.74, 6) is 1.86. The molecule has 5 heteroatoms. The van der Waals surface area contributed by atoms with Crippen LogP contribution in [0.1, 0.15) is 101 Å². The fourth-order valence-corrected chi connectivity index (χ4v) is 13.1. The highest BCUT2D eigenvalue weighted by atomic mass is 31.2. The van der Waals surface area contributed by atoms with Gasteiger partial charge < -0.3 is 18.7 Å². The van der Waals surface area contributed by atoms with Crippen molar-refractivity contribution in [2.24, 2.45) is 5.41 Å². The van der Waals surface area contributed by atoms with E-state index in [1.807, 2.05) is 0 Å². The molecule has 0 aliphatic heterocycles. The van der Waals surface area contributed by atoms with E-state index < -0.39 is 7.26 Å². The van der Waals surface area contributed by atoms with E-state index in [1.165, 1.54) is 75.6 Å². The normalized spacial score (nSPS) is 12.4. The van der Waals surface area contributed by atoms with Crippen LogP contribution in [0.4, 0.5) is 0 Å². The van der Waals surface area contributed by atoms with Crippen LogP contribution < -0.4 is 25.4 Å². The minimum atomic E-state index is -1.80. The molecule has 0 unspecified atom stereocenters. The van der Waals surface area contributed by atoms with Gasteiger partial charge in [0.15, 0.2) is 0 Å². The molecular weight excluding hydrogens is 754 g/mol. The van der Waals surface area contributed by atoms with Gasteiger partial charge in [0.25, 0.3) is 0 Å². The quantitative estimate of drug-likeness (QED) is 0.0373. The lowest BCUT2D eigenvalue weighted by atomic mass is 9.72. The van der Waals surface area contributed by atoms with Crippen molar-refractivity contribution in [3.8, 4) is 11.5 Å². The van der Waals surface area contributed by atoms with Crippen molar-refractivity contribution in [2.75, 3.05) is 53.2 Å². The van der Waals surface area contributed by atoms with E-state index in [9.17, 15) is 0 Å². The third kappa shape index (κ3) is 14.3. The minimum absolute atomic E-state index is 0.132. The molecule has 0 fully saturated rings. The summed E-state index contributed by atoms with van der Waals surface area (Å²) >= 11 is 0. The van der Waals surface area contributed by atoms with Crippen LogP contribution in [0.5, 0.6) is 11.5 Å². The summed E-state index contributed by atoms with van der Waals surface area (Å²) in [6, 6.07) is 45.5. The zero-order valence-electron chi connectivity index (χ0n) is 38.9. The molecular formula is C55H76NO3P+2. The zero-order valence-corrected chi connectivity index (χ0v) is 39.8. The number of nitrogens with zero attached hydrogens (tertiary/aromatic N) is 1. The number of unbranched alkanes of at least 4 members (excludes halogenated alkanes) is 4. The standard InChI is InChI=1S/C55H76NO3P/c1-44-16-30-51(31-17-44)60(52-32-18-45(2)19-33-52,53-34-20-46(3)21-35-53)41-15-13-11-12-14-37-58-49-26-22-47(23-27-49)42-56(9,10)36-38-57-39-40-59-50-28-24-48(25-29-50)55(7,8)43-54(4,5)6/h16-35H,11-15,36-43H2,1-10H3/q+2. The highest BCUT2D eigenvalue weighted by molar-refractivity contribution is 7.95. The summed E-state index contributed by atoms with van der Waals surface area (Å²) in [7, 11) is 2.73. The number of rotatable bonds is 23. The molecule has 0 aromatic heterocycles. The van der Waals surface area contributed by atoms with Crippen LogP contribution in [0, 0.1) is 26.2 Å². The Morgan fingerprint density at radius 3 is 1.43 bits per heavy atom. The molecule has 0 bridgehead atoms. The first kappa shape index (κ1) is 47.1. The Morgan fingerprint density at radius 1 is 0.483 bits per heavy atom. The van der Waals surface area contributed by atoms with Gasteiger partial charge in [0.2, 0.25) is 0 Å². The summed E-state index contributed by atoms with van der Waals surface area (Å²) in [4.78, 5) is 0. The van der Waals surface area contributed by atoms with Gasteiger partial charge >= 0.3 is 0 Å². The zero-order chi connectivity index (χ0) is 43.2. The number of ether oxygens (including phenoxy) is 3. The molecule has 5 rings (SSSR count). The van der Waals surface area contributed by atoms with E-state index in [2.05, 4.69) is 191 Å². The second-order valence-corrected chi connectivity index (χ2v) is 23.3. The third-order valence-electron chi connectivity index (χ3n) is 11.8.